The summed E-state index contributed by atoms with van der Waals surface area (Å²) in [7, 11) is 0. The van der Waals surface area contributed by atoms with Gasteiger partial charge in [0.2, 0.25) is 11.8 Å². The Bertz CT molecular complexity index is 736. The molecular weight excluding hydrogens is 371 g/mol. The van der Waals surface area contributed by atoms with E-state index in [0.29, 0.717) is 0 Å². The van der Waals surface area contributed by atoms with Gasteiger partial charge in [0.05, 0.1) is 5.03 Å². The third-order valence-electron chi connectivity index (χ3n) is 3.19. The standard InChI is InChI=1S/C11H8Cl2N4O5S/c12-3-2-23-9-6(8(19)17(9)7(3)10(20)21)14-4(18)1-5-15-16-11(13)22-5/h6,9H,1-2H2,(H,14,18)(H,20,21)/t6-,9-/m1/s1. The first-order valence-corrected chi connectivity index (χ1v) is 8.03. The van der Waals surface area contributed by atoms with Crippen molar-refractivity contribution in [3.63, 3.8) is 0 Å². The van der Waals surface area contributed by atoms with Gasteiger partial charge in [-0.15, -0.1) is 16.9 Å². The zero-order valence-electron chi connectivity index (χ0n) is 11.2. The predicted molar refractivity (Wildman–Crippen MR) is 78.5 cm³/mol. The van der Waals surface area contributed by atoms with E-state index in [1.165, 1.54) is 11.8 Å². The molecule has 1 aromatic rings. The Morgan fingerprint density at radius 2 is 2.17 bits per heavy atom. The zero-order chi connectivity index (χ0) is 16.7. The normalized spacial score (nSPS) is 23.4. The number of rotatable bonds is 4. The van der Waals surface area contributed by atoms with Crippen LogP contribution < -0.4 is 5.32 Å². The summed E-state index contributed by atoms with van der Waals surface area (Å²) in [5, 5.41) is 18.0. The molecule has 2 atom stereocenters. The number of carboxylic acid groups (broad SMARTS) is 1. The molecule has 0 radical (unpaired) electrons. The number of nitrogens with zero attached hydrogens (tertiary/aromatic N) is 3. The van der Waals surface area contributed by atoms with Crippen LogP contribution in [-0.2, 0) is 20.8 Å². The molecule has 122 valence electrons. The molecule has 0 saturated carbocycles. The number of carbonyl (C=O) groups excluding carboxylic acids is 2. The monoisotopic (exact) mass is 378 g/mol. The molecule has 2 aliphatic rings. The van der Waals surface area contributed by atoms with Crippen LogP contribution in [0.15, 0.2) is 15.1 Å². The second kappa shape index (κ2) is 6.02. The second-order valence-electron chi connectivity index (χ2n) is 4.64. The van der Waals surface area contributed by atoms with Crippen LogP contribution in [0.1, 0.15) is 5.89 Å². The molecule has 3 rings (SSSR count). The number of fused-ring (bicyclic) bond motifs is 1. The predicted octanol–water partition coefficient (Wildman–Crippen LogP) is 0.200. The van der Waals surface area contributed by atoms with Crippen molar-refractivity contribution in [2.24, 2.45) is 0 Å². The van der Waals surface area contributed by atoms with Gasteiger partial charge in [-0.25, -0.2) is 4.79 Å². The van der Waals surface area contributed by atoms with Gasteiger partial charge in [0, 0.05) is 5.75 Å². The summed E-state index contributed by atoms with van der Waals surface area (Å²) in [5.74, 6) is -2.06. The first kappa shape index (κ1) is 16.1. The quantitative estimate of drug-likeness (QED) is 0.711. The fourth-order valence-electron chi connectivity index (χ4n) is 2.25. The molecule has 2 aliphatic heterocycles. The van der Waals surface area contributed by atoms with E-state index in [-0.39, 0.29) is 34.1 Å². The fraction of sp³-hybridized carbons (Fsp3) is 0.364. The van der Waals surface area contributed by atoms with E-state index in [1.807, 2.05) is 0 Å². The molecule has 1 aromatic heterocycles. The van der Waals surface area contributed by atoms with E-state index in [1.54, 1.807) is 0 Å². The number of aromatic nitrogens is 2. The Hall–Kier alpha value is -1.78. The number of hydrogen-bond donors (Lipinski definition) is 2. The van der Waals surface area contributed by atoms with Gasteiger partial charge in [0.25, 0.3) is 5.91 Å². The van der Waals surface area contributed by atoms with Crippen molar-refractivity contribution in [1.29, 1.82) is 0 Å². The maximum absolute atomic E-state index is 12.1. The Balaban J connectivity index is 1.66. The minimum absolute atomic E-state index is 0.0154. The van der Waals surface area contributed by atoms with Gasteiger partial charge < -0.3 is 14.8 Å². The third kappa shape index (κ3) is 2.89. The average Bonchev–Trinajstić information content (AvgIpc) is 2.89. The first-order chi connectivity index (χ1) is 10.9. The number of amides is 2. The Labute approximate surface area is 143 Å². The van der Waals surface area contributed by atoms with Crippen LogP contribution in [0.5, 0.6) is 0 Å². The van der Waals surface area contributed by atoms with Crippen molar-refractivity contribution in [1.82, 2.24) is 20.4 Å². The largest absolute Gasteiger partial charge is 0.477 e. The lowest BCUT2D eigenvalue weighted by Crippen LogP contribution is -2.70. The second-order valence-corrected chi connectivity index (χ2v) is 6.52. The lowest BCUT2D eigenvalue weighted by atomic mass is 10.0. The van der Waals surface area contributed by atoms with Crippen molar-refractivity contribution < 1.29 is 23.9 Å². The zero-order valence-corrected chi connectivity index (χ0v) is 13.5. The number of halogens is 2. The van der Waals surface area contributed by atoms with Crippen molar-refractivity contribution in [2.75, 3.05) is 5.75 Å². The van der Waals surface area contributed by atoms with E-state index >= 15 is 0 Å². The maximum atomic E-state index is 12.1. The average molecular weight is 379 g/mol. The molecular formula is C11H8Cl2N4O5S. The van der Waals surface area contributed by atoms with E-state index in [9.17, 15) is 14.4 Å². The minimum Gasteiger partial charge on any atom is -0.477 e. The fourth-order valence-corrected chi connectivity index (χ4v) is 3.93. The van der Waals surface area contributed by atoms with Crippen LogP contribution in [0.2, 0.25) is 5.35 Å². The summed E-state index contributed by atoms with van der Waals surface area (Å²) in [6.07, 6.45) is -0.233. The van der Waals surface area contributed by atoms with Crippen molar-refractivity contribution in [3.05, 3.63) is 22.0 Å². The highest BCUT2D eigenvalue weighted by atomic mass is 35.5. The number of nitrogens with one attached hydrogen (secondary N) is 1. The summed E-state index contributed by atoms with van der Waals surface area (Å²) in [6.45, 7) is 0. The summed E-state index contributed by atoms with van der Waals surface area (Å²) in [4.78, 5) is 36.3. The number of hydrogen-bond acceptors (Lipinski definition) is 7. The lowest BCUT2D eigenvalue weighted by Gasteiger charge is -2.48. The van der Waals surface area contributed by atoms with E-state index in [4.69, 9.17) is 32.7 Å². The maximum Gasteiger partial charge on any atom is 0.353 e. The van der Waals surface area contributed by atoms with Gasteiger partial charge >= 0.3 is 11.3 Å². The number of carboxylic acids is 1. The molecule has 0 unspecified atom stereocenters. The van der Waals surface area contributed by atoms with Crippen LogP contribution in [0.25, 0.3) is 0 Å². The van der Waals surface area contributed by atoms with Gasteiger partial charge in [-0.1, -0.05) is 16.7 Å². The highest BCUT2D eigenvalue weighted by Crippen LogP contribution is 2.41. The Kier molecular flexibility index (Phi) is 4.21. The van der Waals surface area contributed by atoms with Crippen LogP contribution >= 0.6 is 35.0 Å². The SMILES string of the molecule is O=C(Cc1nnc(Cl)o1)N[C@@H]1C(=O)N2C(C(=O)O)=C(Cl)CS[C@H]12. The van der Waals surface area contributed by atoms with Crippen molar-refractivity contribution >= 4 is 52.7 Å². The molecule has 23 heavy (non-hydrogen) atoms. The smallest absolute Gasteiger partial charge is 0.353 e. The van der Waals surface area contributed by atoms with E-state index in [2.05, 4.69) is 15.5 Å². The highest BCUT2D eigenvalue weighted by Gasteiger charge is 2.54. The molecule has 1 fully saturated rings. The lowest BCUT2D eigenvalue weighted by molar-refractivity contribution is -0.150. The van der Waals surface area contributed by atoms with Crippen LogP contribution in [0.4, 0.5) is 0 Å². The van der Waals surface area contributed by atoms with Crippen LogP contribution in [0.3, 0.4) is 0 Å². The topological polar surface area (TPSA) is 126 Å². The summed E-state index contributed by atoms with van der Waals surface area (Å²) in [5.41, 5.74) is -0.241. The Morgan fingerprint density at radius 1 is 1.43 bits per heavy atom. The number of β-lactam (4-membered cyclic amide) rings is 1. The van der Waals surface area contributed by atoms with Gasteiger partial charge in [-0.3, -0.25) is 14.5 Å². The minimum atomic E-state index is -1.28. The molecule has 0 spiro atoms. The van der Waals surface area contributed by atoms with E-state index < -0.39 is 29.2 Å². The van der Waals surface area contributed by atoms with Gasteiger partial charge in [-0.2, -0.15) is 0 Å². The molecule has 0 aromatic carbocycles. The number of thioether (sulfide) groups is 1. The Morgan fingerprint density at radius 3 is 2.78 bits per heavy atom. The van der Waals surface area contributed by atoms with Crippen molar-refractivity contribution in [2.45, 2.75) is 17.8 Å². The van der Waals surface area contributed by atoms with E-state index in [0.717, 1.165) is 4.90 Å². The molecule has 2 amide bonds. The molecule has 0 aliphatic carbocycles. The number of aliphatic carboxylic acids is 1. The number of carbonyl (C=O) groups is 3. The van der Waals surface area contributed by atoms with Crippen LogP contribution in [0, 0.1) is 0 Å². The molecule has 9 nitrogen and oxygen atoms in total. The molecule has 2 N–H and O–H groups in total. The van der Waals surface area contributed by atoms with Gasteiger partial charge in [-0.05, 0) is 11.6 Å². The first-order valence-electron chi connectivity index (χ1n) is 6.22. The highest BCUT2D eigenvalue weighted by molar-refractivity contribution is 8.00. The summed E-state index contributed by atoms with van der Waals surface area (Å²) < 4.78 is 4.86. The summed E-state index contributed by atoms with van der Waals surface area (Å²) >= 11 is 12.6. The van der Waals surface area contributed by atoms with Crippen LogP contribution in [-0.4, -0.2) is 55.2 Å². The van der Waals surface area contributed by atoms with Gasteiger partial charge in [0.15, 0.2) is 0 Å². The van der Waals surface area contributed by atoms with Gasteiger partial charge in [0.1, 0.15) is 23.5 Å². The molecule has 0 bridgehead atoms. The molecule has 3 heterocycles. The summed E-state index contributed by atoms with van der Waals surface area (Å²) in [6, 6.07) is -0.829. The third-order valence-corrected chi connectivity index (χ3v) is 5.10. The van der Waals surface area contributed by atoms with Crippen molar-refractivity contribution in [3.8, 4) is 0 Å². The molecule has 1 saturated heterocycles. The molecule has 12 heteroatoms.